The summed E-state index contributed by atoms with van der Waals surface area (Å²) in [6.07, 6.45) is 3.08. The molecule has 2 atom stereocenters. The van der Waals surface area contributed by atoms with Crippen LogP contribution in [0.2, 0.25) is 0 Å². The molecule has 18 heavy (non-hydrogen) atoms. The van der Waals surface area contributed by atoms with Gasteiger partial charge in [0.2, 0.25) is 6.23 Å². The molecule has 1 heterocycles. The molecule has 98 valence electrons. The molecule has 2 rings (SSSR count). The van der Waals surface area contributed by atoms with Crippen LogP contribution in [0.15, 0.2) is 23.4 Å². The molecule has 0 aromatic carbocycles. The molecule has 0 saturated carbocycles. The van der Waals surface area contributed by atoms with Gasteiger partial charge in [-0.25, -0.2) is 4.79 Å². The molecule has 1 aliphatic heterocycles. The average Bonchev–Trinajstić information content (AvgIpc) is 2.76. The molecule has 2 aliphatic rings. The Kier molecular flexibility index (Phi) is 3.52. The third-order valence-electron chi connectivity index (χ3n) is 3.36. The molecule has 0 fully saturated rings. The zero-order valence-electron chi connectivity index (χ0n) is 10.5. The van der Waals surface area contributed by atoms with Gasteiger partial charge in [0, 0.05) is 25.8 Å². The number of ether oxygens (including phenoxy) is 1. The van der Waals surface area contributed by atoms with Gasteiger partial charge >= 0.3 is 5.97 Å². The molecule has 2 unspecified atom stereocenters. The van der Waals surface area contributed by atoms with E-state index >= 15 is 0 Å². The second-order valence-corrected chi connectivity index (χ2v) is 4.54. The fourth-order valence-electron chi connectivity index (χ4n) is 2.43. The Morgan fingerprint density at radius 3 is 2.94 bits per heavy atom. The molecule has 0 aromatic heterocycles. The molecule has 1 N–H and O–H groups in total. The quantitative estimate of drug-likeness (QED) is 0.812. The number of carboxylic acids is 1. The van der Waals surface area contributed by atoms with Crippen LogP contribution in [0.4, 0.5) is 0 Å². The first-order valence-corrected chi connectivity index (χ1v) is 6.06. The zero-order chi connectivity index (χ0) is 13.3. The minimum absolute atomic E-state index is 0.148. The van der Waals surface area contributed by atoms with Crippen LogP contribution in [0.1, 0.15) is 20.3 Å². The van der Waals surface area contributed by atoms with Crippen molar-refractivity contribution >= 4 is 11.8 Å². The smallest absolute Gasteiger partial charge is 0.354 e. The number of carboxylic acid groups (broad SMARTS) is 1. The van der Waals surface area contributed by atoms with Gasteiger partial charge in [-0.3, -0.25) is 4.79 Å². The number of carbonyl (C=O) groups excluding carboxylic acids is 1. The number of aliphatic carboxylic acids is 1. The van der Waals surface area contributed by atoms with Crippen molar-refractivity contribution in [3.05, 3.63) is 23.4 Å². The standard InChI is InChI=1S/C13H17NO4/c1-3-18-12(13(16)17)14-6-9-8(2)4-5-11(15)10(9)7-14/h4,6,10,12H,3,5,7H2,1-2H3,(H,16,17). The molecule has 1 aliphatic carbocycles. The summed E-state index contributed by atoms with van der Waals surface area (Å²) >= 11 is 0. The summed E-state index contributed by atoms with van der Waals surface area (Å²) in [4.78, 5) is 24.6. The van der Waals surface area contributed by atoms with Crippen molar-refractivity contribution in [1.29, 1.82) is 0 Å². The number of ketones is 1. The van der Waals surface area contributed by atoms with Crippen LogP contribution in [0.5, 0.6) is 0 Å². The number of allylic oxidation sites excluding steroid dienone is 2. The highest BCUT2D eigenvalue weighted by Crippen LogP contribution is 2.34. The lowest BCUT2D eigenvalue weighted by Crippen LogP contribution is -2.40. The Labute approximate surface area is 106 Å². The highest BCUT2D eigenvalue weighted by Gasteiger charge is 2.37. The van der Waals surface area contributed by atoms with Crippen LogP contribution in [0.25, 0.3) is 0 Å². The molecule has 0 aromatic rings. The van der Waals surface area contributed by atoms with Crippen LogP contribution >= 0.6 is 0 Å². The zero-order valence-corrected chi connectivity index (χ0v) is 10.5. The summed E-state index contributed by atoms with van der Waals surface area (Å²) in [5.74, 6) is -1.08. The third kappa shape index (κ3) is 2.18. The maximum Gasteiger partial charge on any atom is 0.354 e. The minimum atomic E-state index is -1.03. The summed E-state index contributed by atoms with van der Waals surface area (Å²) in [5.41, 5.74) is 1.99. The van der Waals surface area contributed by atoms with Crippen molar-refractivity contribution in [2.75, 3.05) is 13.2 Å². The third-order valence-corrected chi connectivity index (χ3v) is 3.36. The minimum Gasteiger partial charge on any atom is -0.478 e. The largest absolute Gasteiger partial charge is 0.478 e. The fraction of sp³-hybridized carbons (Fsp3) is 0.538. The number of fused-ring (bicyclic) bond motifs is 1. The lowest BCUT2D eigenvalue weighted by molar-refractivity contribution is -0.161. The normalized spacial score (nSPS) is 24.4. The van der Waals surface area contributed by atoms with Crippen LogP contribution in [-0.4, -0.2) is 41.1 Å². The molecule has 5 heteroatoms. The number of carbonyl (C=O) groups is 2. The predicted octanol–water partition coefficient (Wildman–Crippen LogP) is 1.17. The second kappa shape index (κ2) is 4.94. The first kappa shape index (κ1) is 12.8. The van der Waals surface area contributed by atoms with Crippen molar-refractivity contribution in [3.63, 3.8) is 0 Å². The SMILES string of the molecule is CCOC(C(=O)O)N1C=C2C(C)=CCC(=O)C2C1. The Balaban J connectivity index is 2.22. The van der Waals surface area contributed by atoms with Crippen molar-refractivity contribution < 1.29 is 19.4 Å². The van der Waals surface area contributed by atoms with Gasteiger partial charge in [0.25, 0.3) is 0 Å². The lowest BCUT2D eigenvalue weighted by Gasteiger charge is -2.24. The van der Waals surface area contributed by atoms with Crippen molar-refractivity contribution in [2.45, 2.75) is 26.5 Å². The fourth-order valence-corrected chi connectivity index (χ4v) is 2.43. The van der Waals surface area contributed by atoms with Crippen LogP contribution in [0.3, 0.4) is 0 Å². The van der Waals surface area contributed by atoms with Gasteiger partial charge in [0.1, 0.15) is 5.78 Å². The van der Waals surface area contributed by atoms with Gasteiger partial charge in [0.05, 0.1) is 5.92 Å². The summed E-state index contributed by atoms with van der Waals surface area (Å²) in [5, 5.41) is 9.13. The van der Waals surface area contributed by atoms with Crippen molar-refractivity contribution in [1.82, 2.24) is 4.90 Å². The molecule has 0 saturated heterocycles. The first-order valence-electron chi connectivity index (χ1n) is 6.06. The molecule has 5 nitrogen and oxygen atoms in total. The van der Waals surface area contributed by atoms with E-state index in [0.29, 0.717) is 19.6 Å². The van der Waals surface area contributed by atoms with E-state index in [2.05, 4.69) is 0 Å². The molecular weight excluding hydrogens is 234 g/mol. The molecular formula is C13H17NO4. The van der Waals surface area contributed by atoms with Gasteiger partial charge < -0.3 is 14.7 Å². The van der Waals surface area contributed by atoms with E-state index in [4.69, 9.17) is 9.84 Å². The van der Waals surface area contributed by atoms with Gasteiger partial charge in [0.15, 0.2) is 0 Å². The highest BCUT2D eigenvalue weighted by atomic mass is 16.5. The highest BCUT2D eigenvalue weighted by molar-refractivity contribution is 5.89. The number of Topliss-reactive ketones (excluding diaryl/α,β-unsaturated/α-hetero) is 1. The van der Waals surface area contributed by atoms with E-state index in [0.717, 1.165) is 11.1 Å². The van der Waals surface area contributed by atoms with E-state index in [1.54, 1.807) is 18.0 Å². The molecule has 0 spiro atoms. The number of hydrogen-bond acceptors (Lipinski definition) is 4. The second-order valence-electron chi connectivity index (χ2n) is 4.54. The van der Waals surface area contributed by atoms with Gasteiger partial charge in [-0.1, -0.05) is 6.08 Å². The van der Waals surface area contributed by atoms with Gasteiger partial charge in [-0.15, -0.1) is 0 Å². The van der Waals surface area contributed by atoms with Crippen molar-refractivity contribution in [3.8, 4) is 0 Å². The number of nitrogens with zero attached hydrogens (tertiary/aromatic N) is 1. The van der Waals surface area contributed by atoms with Crippen LogP contribution in [0, 0.1) is 5.92 Å². The van der Waals surface area contributed by atoms with Crippen LogP contribution in [-0.2, 0) is 14.3 Å². The molecule has 0 bridgehead atoms. The maximum absolute atomic E-state index is 11.8. The first-order chi connectivity index (χ1) is 8.54. The lowest BCUT2D eigenvalue weighted by atomic mass is 9.85. The molecule has 0 amide bonds. The Morgan fingerprint density at radius 2 is 2.39 bits per heavy atom. The summed E-state index contributed by atoms with van der Waals surface area (Å²) < 4.78 is 5.21. The van der Waals surface area contributed by atoms with Crippen LogP contribution < -0.4 is 0 Å². The van der Waals surface area contributed by atoms with E-state index in [9.17, 15) is 9.59 Å². The Morgan fingerprint density at radius 1 is 1.67 bits per heavy atom. The maximum atomic E-state index is 11.8. The van der Waals surface area contributed by atoms with E-state index in [1.165, 1.54) is 0 Å². The monoisotopic (exact) mass is 251 g/mol. The summed E-state index contributed by atoms with van der Waals surface area (Å²) in [7, 11) is 0. The van der Waals surface area contributed by atoms with Gasteiger partial charge in [-0.05, 0) is 25.0 Å². The predicted molar refractivity (Wildman–Crippen MR) is 64.7 cm³/mol. The van der Waals surface area contributed by atoms with Crippen molar-refractivity contribution in [2.24, 2.45) is 5.92 Å². The number of rotatable bonds is 4. The van der Waals surface area contributed by atoms with E-state index in [-0.39, 0.29) is 11.7 Å². The number of hydrogen-bond donors (Lipinski definition) is 1. The summed E-state index contributed by atoms with van der Waals surface area (Å²) in [6, 6.07) is 0. The topological polar surface area (TPSA) is 66.8 Å². The summed E-state index contributed by atoms with van der Waals surface area (Å²) in [6.45, 7) is 4.42. The van der Waals surface area contributed by atoms with E-state index in [1.807, 2.05) is 13.0 Å². The Hall–Kier alpha value is -1.62. The van der Waals surface area contributed by atoms with Gasteiger partial charge in [-0.2, -0.15) is 0 Å². The molecule has 0 radical (unpaired) electrons. The Bertz CT molecular complexity index is 438. The average molecular weight is 251 g/mol. The van der Waals surface area contributed by atoms with E-state index < -0.39 is 12.2 Å².